The van der Waals surface area contributed by atoms with Crippen LogP contribution in [-0.2, 0) is 19.4 Å². The lowest BCUT2D eigenvalue weighted by Crippen LogP contribution is -2.16. The lowest BCUT2D eigenvalue weighted by Gasteiger charge is -2.16. The quantitative estimate of drug-likeness (QED) is 0.408. The van der Waals surface area contributed by atoms with Crippen molar-refractivity contribution in [1.82, 2.24) is 4.57 Å². The Morgan fingerprint density at radius 2 is 2.03 bits per heavy atom. The number of Topliss-reactive ketones (excluding diaryl/α,β-unsaturated/α-hetero) is 1. The summed E-state index contributed by atoms with van der Waals surface area (Å²) in [6, 6.07) is 7.24. The lowest BCUT2D eigenvalue weighted by molar-refractivity contribution is -0.136. The molecule has 0 spiro atoms. The molecule has 0 radical (unpaired) electrons. The van der Waals surface area contributed by atoms with E-state index in [1.54, 1.807) is 19.1 Å². The van der Waals surface area contributed by atoms with Crippen LogP contribution in [0, 0.1) is 19.7 Å². The third-order valence-electron chi connectivity index (χ3n) is 4.96. The monoisotopic (exact) mass is 419 g/mol. The van der Waals surface area contributed by atoms with Crippen molar-refractivity contribution in [3.05, 3.63) is 64.7 Å². The first-order valence-corrected chi connectivity index (χ1v) is 11.0. The molecule has 1 aliphatic heterocycles. The second-order valence-corrected chi connectivity index (χ2v) is 9.36. The van der Waals surface area contributed by atoms with Crippen LogP contribution in [0.3, 0.4) is 0 Å². The average Bonchev–Trinajstić information content (AvgIpc) is 3.16. The van der Waals surface area contributed by atoms with Crippen molar-refractivity contribution in [3.8, 4) is 0 Å². The van der Waals surface area contributed by atoms with Crippen molar-refractivity contribution in [2.75, 3.05) is 18.1 Å². The third-order valence-corrected chi connectivity index (χ3v) is 6.71. The molecule has 1 atom stereocenters. The fourth-order valence-corrected chi connectivity index (χ4v) is 5.34. The van der Waals surface area contributed by atoms with Crippen molar-refractivity contribution < 1.29 is 27.1 Å². The van der Waals surface area contributed by atoms with E-state index in [2.05, 4.69) is 0 Å². The molecule has 1 aromatic carbocycles. The number of rotatable bonds is 6. The first-order valence-electron chi connectivity index (χ1n) is 9.19. The number of ketones is 1. The normalized spacial score (nSPS) is 18.2. The molecule has 8 heteroatoms. The first-order chi connectivity index (χ1) is 13.7. The van der Waals surface area contributed by atoms with E-state index in [9.17, 15) is 22.4 Å². The number of aryl methyl sites for hydroxylation is 1. The Morgan fingerprint density at radius 3 is 2.69 bits per heavy atom. The summed E-state index contributed by atoms with van der Waals surface area (Å²) in [4.78, 5) is 24.4. The summed E-state index contributed by atoms with van der Waals surface area (Å²) in [5.74, 6) is -1.28. The number of esters is 1. The molecule has 29 heavy (non-hydrogen) atoms. The summed E-state index contributed by atoms with van der Waals surface area (Å²) in [7, 11) is -3.05. The maximum Gasteiger partial charge on any atom is 0.331 e. The number of benzene rings is 1. The minimum atomic E-state index is -3.05. The average molecular weight is 419 g/mol. The van der Waals surface area contributed by atoms with Gasteiger partial charge < -0.3 is 9.30 Å². The van der Waals surface area contributed by atoms with Crippen LogP contribution in [0.1, 0.15) is 39.8 Å². The van der Waals surface area contributed by atoms with Gasteiger partial charge in [-0.1, -0.05) is 12.1 Å². The van der Waals surface area contributed by atoms with E-state index in [0.717, 1.165) is 11.8 Å². The molecule has 3 rings (SSSR count). The van der Waals surface area contributed by atoms with E-state index < -0.39 is 28.2 Å². The van der Waals surface area contributed by atoms with Gasteiger partial charge in [-0.15, -0.1) is 0 Å². The van der Waals surface area contributed by atoms with Gasteiger partial charge in [0.15, 0.2) is 16.4 Å². The molecular weight excluding hydrogens is 397 g/mol. The van der Waals surface area contributed by atoms with Crippen LogP contribution < -0.4 is 0 Å². The number of sulfone groups is 1. The second kappa shape index (κ2) is 8.32. The molecular formula is C21H22FNO5S. The van der Waals surface area contributed by atoms with Crippen molar-refractivity contribution in [2.45, 2.75) is 26.3 Å². The number of ether oxygens (including phenoxy) is 1. The van der Waals surface area contributed by atoms with Gasteiger partial charge in [0, 0.05) is 29.1 Å². The van der Waals surface area contributed by atoms with E-state index in [1.165, 1.54) is 24.3 Å². The third kappa shape index (κ3) is 5.00. The number of carbonyl (C=O) groups is 2. The highest BCUT2D eigenvalue weighted by Gasteiger charge is 2.31. The molecule has 0 aliphatic carbocycles. The number of hydrogen-bond donors (Lipinski definition) is 0. The van der Waals surface area contributed by atoms with Crippen LogP contribution >= 0.6 is 0 Å². The fourth-order valence-electron chi connectivity index (χ4n) is 3.64. The summed E-state index contributed by atoms with van der Waals surface area (Å²) in [5.41, 5.74) is 2.38. The highest BCUT2D eigenvalue weighted by atomic mass is 32.2. The van der Waals surface area contributed by atoms with Crippen molar-refractivity contribution >= 4 is 27.7 Å². The molecule has 2 heterocycles. The molecule has 0 saturated carbocycles. The second-order valence-electron chi connectivity index (χ2n) is 7.13. The van der Waals surface area contributed by atoms with Gasteiger partial charge in [0.1, 0.15) is 5.82 Å². The van der Waals surface area contributed by atoms with Gasteiger partial charge >= 0.3 is 5.97 Å². The zero-order chi connectivity index (χ0) is 21.2. The predicted octanol–water partition coefficient (Wildman–Crippen LogP) is 3.04. The lowest BCUT2D eigenvalue weighted by atomic mass is 10.1. The molecule has 0 bridgehead atoms. The molecule has 6 nitrogen and oxygen atoms in total. The van der Waals surface area contributed by atoms with Crippen LogP contribution in [0.25, 0.3) is 6.08 Å². The Kier molecular flexibility index (Phi) is 6.02. The zero-order valence-electron chi connectivity index (χ0n) is 16.2. The van der Waals surface area contributed by atoms with Gasteiger partial charge in [-0.3, -0.25) is 4.79 Å². The Morgan fingerprint density at radius 1 is 1.28 bits per heavy atom. The van der Waals surface area contributed by atoms with E-state index in [0.29, 0.717) is 23.2 Å². The summed E-state index contributed by atoms with van der Waals surface area (Å²) >= 11 is 0. The maximum atomic E-state index is 13.1. The summed E-state index contributed by atoms with van der Waals surface area (Å²) in [5, 5.41) is 0. The molecule has 0 N–H and O–H groups in total. The molecule has 154 valence electrons. The maximum absolute atomic E-state index is 13.1. The van der Waals surface area contributed by atoms with Crippen molar-refractivity contribution in [2.24, 2.45) is 0 Å². The highest BCUT2D eigenvalue weighted by molar-refractivity contribution is 7.91. The SMILES string of the molecule is Cc1cc(C(=O)COC(=O)/C=C/c2cccc(F)c2)c(C)n1[C@H]1CCS(=O)(=O)C1. The van der Waals surface area contributed by atoms with Crippen LogP contribution in [0.4, 0.5) is 4.39 Å². The highest BCUT2D eigenvalue weighted by Crippen LogP contribution is 2.29. The van der Waals surface area contributed by atoms with Gasteiger partial charge in [0.2, 0.25) is 5.78 Å². The van der Waals surface area contributed by atoms with E-state index >= 15 is 0 Å². The number of halogens is 1. The topological polar surface area (TPSA) is 82.4 Å². The molecule has 0 amide bonds. The molecule has 0 unspecified atom stereocenters. The Balaban J connectivity index is 1.64. The van der Waals surface area contributed by atoms with Gasteiger partial charge in [-0.2, -0.15) is 0 Å². The van der Waals surface area contributed by atoms with E-state index in [4.69, 9.17) is 4.74 Å². The van der Waals surface area contributed by atoms with Gasteiger partial charge in [0.05, 0.1) is 11.5 Å². The van der Waals surface area contributed by atoms with Crippen molar-refractivity contribution in [3.63, 3.8) is 0 Å². The number of hydrogen-bond acceptors (Lipinski definition) is 5. The van der Waals surface area contributed by atoms with Gasteiger partial charge in [-0.25, -0.2) is 17.6 Å². The van der Waals surface area contributed by atoms with Crippen LogP contribution in [0.5, 0.6) is 0 Å². The molecule has 1 saturated heterocycles. The zero-order valence-corrected chi connectivity index (χ0v) is 17.0. The van der Waals surface area contributed by atoms with Crippen LogP contribution in [0.15, 0.2) is 36.4 Å². The molecule has 2 aromatic rings. The molecule has 1 fully saturated rings. The smallest absolute Gasteiger partial charge is 0.331 e. The van der Waals surface area contributed by atoms with Gasteiger partial charge in [-0.05, 0) is 50.1 Å². The van der Waals surface area contributed by atoms with E-state index in [1.807, 2.05) is 11.5 Å². The minimum absolute atomic E-state index is 0.0663. The molecule has 1 aliphatic rings. The Labute approximate surface area is 168 Å². The summed E-state index contributed by atoms with van der Waals surface area (Å²) < 4.78 is 43.6. The summed E-state index contributed by atoms with van der Waals surface area (Å²) in [6.07, 6.45) is 3.06. The number of carbonyl (C=O) groups excluding carboxylic acids is 2. The fraction of sp³-hybridized carbons (Fsp3) is 0.333. The van der Waals surface area contributed by atoms with E-state index in [-0.39, 0.29) is 23.3 Å². The largest absolute Gasteiger partial charge is 0.454 e. The minimum Gasteiger partial charge on any atom is -0.454 e. The number of nitrogens with zero attached hydrogens (tertiary/aromatic N) is 1. The van der Waals surface area contributed by atoms with Crippen molar-refractivity contribution in [1.29, 1.82) is 0 Å². The Hall–Kier alpha value is -2.74. The van der Waals surface area contributed by atoms with Crippen LogP contribution in [0.2, 0.25) is 0 Å². The standard InChI is InChI=1S/C21H22FNO5S/c1-14-10-19(15(2)23(14)18-8-9-29(26,27)13-18)20(24)12-28-21(25)7-6-16-4-3-5-17(22)11-16/h3-7,10-11,18H,8-9,12-13H2,1-2H3/b7-6+/t18-/m0/s1. The first kappa shape index (κ1) is 21.0. The predicted molar refractivity (Wildman–Crippen MR) is 107 cm³/mol. The molecule has 1 aromatic heterocycles. The number of aromatic nitrogens is 1. The van der Waals surface area contributed by atoms with Crippen LogP contribution in [-0.4, -0.2) is 42.9 Å². The van der Waals surface area contributed by atoms with Gasteiger partial charge in [0.25, 0.3) is 0 Å². The Bertz CT molecular complexity index is 1080. The summed E-state index contributed by atoms with van der Waals surface area (Å²) in [6.45, 7) is 3.15.